The molecule has 3 heterocycles. The van der Waals surface area contributed by atoms with Gasteiger partial charge in [0.25, 0.3) is 0 Å². The molecule has 0 spiro atoms. The van der Waals surface area contributed by atoms with Crippen LogP contribution in [0.4, 0.5) is 0 Å². The molecule has 0 aliphatic heterocycles. The summed E-state index contributed by atoms with van der Waals surface area (Å²) in [5.41, 5.74) is 10.4. The molecule has 3 aromatic heterocycles. The maximum absolute atomic E-state index is 6.57. The maximum atomic E-state index is 6.57. The number of aromatic nitrogens is 5. The summed E-state index contributed by atoms with van der Waals surface area (Å²) in [6.07, 6.45) is 0. The summed E-state index contributed by atoms with van der Waals surface area (Å²) in [5.74, 6) is 2.59. The third kappa shape index (κ3) is 5.05. The Hall–Kier alpha value is -7.18. The Bertz CT molecular complexity index is 2880. The smallest absolute Gasteiger partial charge is 0.164 e. The molecule has 0 radical (unpaired) electrons. The fourth-order valence-electron chi connectivity index (χ4n) is 7.07. The third-order valence-corrected chi connectivity index (χ3v) is 9.50. The van der Waals surface area contributed by atoms with E-state index in [-0.39, 0.29) is 0 Å². The highest BCUT2D eigenvalue weighted by atomic mass is 16.3. The molecule has 7 aromatic carbocycles. The minimum atomic E-state index is 0.565. The van der Waals surface area contributed by atoms with Gasteiger partial charge in [-0.15, -0.1) is 0 Å². The van der Waals surface area contributed by atoms with Gasteiger partial charge in [0.2, 0.25) is 0 Å². The van der Waals surface area contributed by atoms with Gasteiger partial charge in [-0.25, -0.2) is 19.9 Å². The van der Waals surface area contributed by atoms with Crippen molar-refractivity contribution < 1.29 is 4.42 Å². The highest BCUT2D eigenvalue weighted by Gasteiger charge is 2.23. The van der Waals surface area contributed by atoms with Crippen LogP contribution in [-0.2, 0) is 0 Å². The number of para-hydroxylation sites is 3. The van der Waals surface area contributed by atoms with Gasteiger partial charge in [0.15, 0.2) is 17.5 Å². The molecular weight excluding hydrogens is 639 g/mol. The molecule has 0 aliphatic rings. The molecule has 0 N–H and O–H groups in total. The first kappa shape index (κ1) is 29.7. The van der Waals surface area contributed by atoms with Gasteiger partial charge in [-0.05, 0) is 47.5 Å². The number of hydrogen-bond donors (Lipinski definition) is 0. The predicted octanol–water partition coefficient (Wildman–Crippen LogP) is 11.4. The van der Waals surface area contributed by atoms with E-state index in [1.54, 1.807) is 0 Å². The topological polar surface area (TPSA) is 69.6 Å². The lowest BCUT2D eigenvalue weighted by molar-refractivity contribution is 0.669. The van der Waals surface area contributed by atoms with Crippen LogP contribution in [0.5, 0.6) is 0 Å². The summed E-state index contributed by atoms with van der Waals surface area (Å²) in [4.78, 5) is 20.5. The molecule has 0 fully saturated rings. The van der Waals surface area contributed by atoms with Gasteiger partial charge in [0.05, 0.1) is 11.0 Å². The minimum Gasteiger partial charge on any atom is -0.456 e. The van der Waals surface area contributed by atoms with Crippen molar-refractivity contribution >= 4 is 33.0 Å². The molecule has 0 bridgehead atoms. The third-order valence-electron chi connectivity index (χ3n) is 9.50. The van der Waals surface area contributed by atoms with E-state index < -0.39 is 0 Å². The highest BCUT2D eigenvalue weighted by molar-refractivity contribution is 6.17. The number of rotatable bonds is 6. The van der Waals surface area contributed by atoms with Crippen LogP contribution in [0.3, 0.4) is 0 Å². The van der Waals surface area contributed by atoms with Crippen molar-refractivity contribution in [1.82, 2.24) is 24.5 Å². The van der Waals surface area contributed by atoms with Crippen LogP contribution in [0.25, 0.3) is 95.3 Å². The molecule has 0 atom stereocenters. The van der Waals surface area contributed by atoms with Crippen molar-refractivity contribution in [3.05, 3.63) is 176 Å². The van der Waals surface area contributed by atoms with Crippen molar-refractivity contribution in [2.24, 2.45) is 0 Å². The van der Waals surface area contributed by atoms with Gasteiger partial charge >= 0.3 is 0 Å². The molecule has 244 valence electrons. The van der Waals surface area contributed by atoms with Gasteiger partial charge in [-0.1, -0.05) is 140 Å². The molecule has 0 saturated heterocycles. The second-order valence-electron chi connectivity index (χ2n) is 12.7. The zero-order valence-corrected chi connectivity index (χ0v) is 27.9. The average molecular weight is 668 g/mol. The number of benzene rings is 7. The van der Waals surface area contributed by atoms with Crippen LogP contribution in [0, 0.1) is 0 Å². The van der Waals surface area contributed by atoms with E-state index in [0.29, 0.717) is 17.5 Å². The Morgan fingerprint density at radius 3 is 1.56 bits per heavy atom. The maximum Gasteiger partial charge on any atom is 0.164 e. The lowest BCUT2D eigenvalue weighted by Crippen LogP contribution is -2.00. The monoisotopic (exact) mass is 667 g/mol. The molecule has 0 unspecified atom stereocenters. The number of furan rings is 1. The van der Waals surface area contributed by atoms with Crippen molar-refractivity contribution in [3.63, 3.8) is 0 Å². The molecule has 0 aliphatic carbocycles. The Morgan fingerprint density at radius 2 is 0.865 bits per heavy atom. The Morgan fingerprint density at radius 1 is 0.365 bits per heavy atom. The largest absolute Gasteiger partial charge is 0.456 e. The molecule has 10 aromatic rings. The fraction of sp³-hybridized carbons (Fsp3) is 0. The van der Waals surface area contributed by atoms with Gasteiger partial charge in [-0.3, -0.25) is 4.57 Å². The lowest BCUT2D eigenvalue weighted by atomic mass is 10.0. The summed E-state index contributed by atoms with van der Waals surface area (Å²) in [6, 6.07) is 59.7. The van der Waals surface area contributed by atoms with Gasteiger partial charge < -0.3 is 4.42 Å². The van der Waals surface area contributed by atoms with Gasteiger partial charge in [-0.2, -0.15) is 0 Å². The first-order valence-electron chi connectivity index (χ1n) is 17.2. The number of imidazole rings is 1. The van der Waals surface area contributed by atoms with E-state index in [4.69, 9.17) is 24.4 Å². The molecule has 0 amide bonds. The first-order valence-corrected chi connectivity index (χ1v) is 17.2. The van der Waals surface area contributed by atoms with Gasteiger partial charge in [0.1, 0.15) is 17.0 Å². The van der Waals surface area contributed by atoms with E-state index in [2.05, 4.69) is 108 Å². The van der Waals surface area contributed by atoms with E-state index in [1.165, 1.54) is 0 Å². The van der Waals surface area contributed by atoms with Crippen LogP contribution in [-0.4, -0.2) is 24.5 Å². The van der Waals surface area contributed by atoms with Crippen LogP contribution in [0.2, 0.25) is 0 Å². The van der Waals surface area contributed by atoms with Gasteiger partial charge in [0, 0.05) is 38.7 Å². The summed E-state index contributed by atoms with van der Waals surface area (Å²) in [7, 11) is 0. The normalized spacial score (nSPS) is 11.5. The Balaban J connectivity index is 1.21. The summed E-state index contributed by atoms with van der Waals surface area (Å²) >= 11 is 0. The van der Waals surface area contributed by atoms with E-state index in [9.17, 15) is 0 Å². The van der Waals surface area contributed by atoms with Crippen molar-refractivity contribution in [1.29, 1.82) is 0 Å². The number of hydrogen-bond acceptors (Lipinski definition) is 5. The second-order valence-corrected chi connectivity index (χ2v) is 12.7. The molecule has 0 saturated carbocycles. The summed E-state index contributed by atoms with van der Waals surface area (Å²) in [5, 5.41) is 1.88. The Kier molecular flexibility index (Phi) is 7.03. The molecular formula is C46H29N5O. The number of fused-ring (bicyclic) bond motifs is 4. The van der Waals surface area contributed by atoms with Crippen LogP contribution in [0.1, 0.15) is 0 Å². The first-order chi connectivity index (χ1) is 25.8. The fourth-order valence-corrected chi connectivity index (χ4v) is 7.07. The standard InChI is InChI=1S/C46H29N5O/c1-4-14-30(15-5-1)31-26-28-33(29-27-31)44-48-43(32-16-6-2-7-17-32)49-45(50-44)35-20-12-24-39-41(35)42-36(21-13-25-40(42)52-39)46-47-37-22-10-11-23-38(37)51(46)34-18-8-3-9-19-34/h1-29H. The minimum absolute atomic E-state index is 0.565. The van der Waals surface area contributed by atoms with Crippen LogP contribution in [0.15, 0.2) is 180 Å². The zero-order valence-electron chi connectivity index (χ0n) is 27.9. The SMILES string of the molecule is c1ccc(-c2ccc(-c3nc(-c4ccccc4)nc(-c4cccc5oc6cccc(-c7nc8ccccc8n7-c7ccccc7)c6c45)n3)cc2)cc1. The van der Waals surface area contributed by atoms with E-state index >= 15 is 0 Å². The predicted molar refractivity (Wildman–Crippen MR) is 209 cm³/mol. The second kappa shape index (κ2) is 12.3. The summed E-state index contributed by atoms with van der Waals surface area (Å²) in [6.45, 7) is 0. The number of nitrogens with zero attached hydrogens (tertiary/aromatic N) is 5. The van der Waals surface area contributed by atoms with Crippen molar-refractivity contribution in [2.75, 3.05) is 0 Å². The Labute approximate surface area is 299 Å². The lowest BCUT2D eigenvalue weighted by Gasteiger charge is -2.12. The average Bonchev–Trinajstić information content (AvgIpc) is 3.81. The highest BCUT2D eigenvalue weighted by Crippen LogP contribution is 2.42. The van der Waals surface area contributed by atoms with E-state index in [1.807, 2.05) is 72.8 Å². The molecule has 52 heavy (non-hydrogen) atoms. The van der Waals surface area contributed by atoms with Crippen molar-refractivity contribution in [2.45, 2.75) is 0 Å². The summed E-state index contributed by atoms with van der Waals surface area (Å²) < 4.78 is 8.79. The zero-order chi connectivity index (χ0) is 34.4. The van der Waals surface area contributed by atoms with Crippen molar-refractivity contribution in [3.8, 4) is 62.4 Å². The molecule has 10 rings (SSSR count). The van der Waals surface area contributed by atoms with Crippen LogP contribution >= 0.6 is 0 Å². The quantitative estimate of drug-likeness (QED) is 0.176. The van der Waals surface area contributed by atoms with E-state index in [0.717, 1.165) is 77.9 Å². The molecule has 6 heteroatoms. The molecule has 6 nitrogen and oxygen atoms in total. The van der Waals surface area contributed by atoms with Crippen LogP contribution < -0.4 is 0 Å².